The van der Waals surface area contributed by atoms with Gasteiger partial charge in [0.1, 0.15) is 0 Å². The summed E-state index contributed by atoms with van der Waals surface area (Å²) in [7, 11) is 0. The molecule has 11 heteroatoms. The first-order chi connectivity index (χ1) is 8.24. The average molecular weight is 568 g/mol. The molecule has 0 aliphatic rings. The maximum atomic E-state index is 5.04. The summed E-state index contributed by atoms with van der Waals surface area (Å²) >= 11 is 17.8. The smallest absolute Gasteiger partial charge is 0.640 e. The van der Waals surface area contributed by atoms with Crippen molar-refractivity contribution >= 4 is 59.5 Å². The quantitative estimate of drug-likeness (QED) is 0.194. The molecule has 0 aromatic heterocycles. The van der Waals surface area contributed by atoms with Gasteiger partial charge < -0.3 is 42.6 Å². The molecule has 0 atom stereocenters. The van der Waals surface area contributed by atoms with Gasteiger partial charge in [-0.25, -0.2) is 0 Å². The van der Waals surface area contributed by atoms with Crippen LogP contribution in [0.25, 0.3) is 0 Å². The van der Waals surface area contributed by atoms with Crippen molar-refractivity contribution in [2.24, 2.45) is 0 Å². The van der Waals surface area contributed by atoms with E-state index in [9.17, 15) is 0 Å². The maximum absolute atomic E-state index is 5.04. The summed E-state index contributed by atoms with van der Waals surface area (Å²) in [6.07, 6.45) is 0. The van der Waals surface area contributed by atoms with E-state index in [2.05, 4.69) is 23.6 Å². The molecule has 0 radical (unpaired) electrons. The Kier molecular flexibility index (Phi) is 21.5. The van der Waals surface area contributed by atoms with Crippen LogP contribution in [0.2, 0.25) is 0 Å². The molecule has 0 bridgehead atoms. The van der Waals surface area contributed by atoms with Gasteiger partial charge in [0.15, 0.2) is 23.6 Å². The monoisotopic (exact) mass is 567 g/mol. The van der Waals surface area contributed by atoms with Crippen LogP contribution in [-0.2, 0) is 87.3 Å². The van der Waals surface area contributed by atoms with Gasteiger partial charge in [0.25, 0.3) is 0 Å². The normalized spacial score (nSPS) is 11.3. The van der Waals surface area contributed by atoms with Gasteiger partial charge in [-0.1, -0.05) is 0 Å². The Labute approximate surface area is 152 Å². The van der Waals surface area contributed by atoms with E-state index < -0.39 is 11.4 Å². The molecule has 0 aromatic rings. The van der Waals surface area contributed by atoms with Crippen molar-refractivity contribution in [1.29, 1.82) is 0 Å². The van der Waals surface area contributed by atoms with E-state index in [0.717, 1.165) is 0 Å². The van der Waals surface area contributed by atoms with Crippen LogP contribution in [0.15, 0.2) is 0 Å². The van der Waals surface area contributed by atoms with Gasteiger partial charge in [-0.3, -0.25) is 0 Å². The Hall–Kier alpha value is 2.53. The third kappa shape index (κ3) is 20.5. The molecule has 0 heterocycles. The van der Waals surface area contributed by atoms with E-state index in [1.807, 2.05) is 27.7 Å². The predicted molar refractivity (Wildman–Crippen MR) is 92.6 cm³/mol. The van der Waals surface area contributed by atoms with Crippen LogP contribution in [0.5, 0.6) is 0 Å². The zero-order valence-electron chi connectivity index (χ0n) is 11.4. The van der Waals surface area contributed by atoms with Crippen LogP contribution in [0.3, 0.4) is 0 Å². The number of rotatable bonds is 8. The standard InChI is InChI=1S/2C4H11O2PS2.Pt/c2*1-3-5-7(8,9)6-4-2;/h2*3-4H2,1-2H3,(H,8,9);/q;;+2. The van der Waals surface area contributed by atoms with Gasteiger partial charge in [0, 0.05) is 0 Å². The Balaban J connectivity index is -0.000000256. The molecule has 4 nitrogen and oxygen atoms in total. The second-order valence-corrected chi connectivity index (χ2v) is 13.2. The summed E-state index contributed by atoms with van der Waals surface area (Å²) in [5.41, 5.74) is -4.33. The molecule has 120 valence electrons. The average Bonchev–Trinajstić information content (AvgIpc) is 2.17. The van der Waals surface area contributed by atoms with Crippen molar-refractivity contribution in [2.45, 2.75) is 27.7 Å². The fraction of sp³-hybridized carbons (Fsp3) is 1.00. The van der Waals surface area contributed by atoms with E-state index in [0.29, 0.717) is 26.4 Å². The van der Waals surface area contributed by atoms with Crippen molar-refractivity contribution in [3.8, 4) is 0 Å². The molecule has 0 fully saturated rings. The van der Waals surface area contributed by atoms with E-state index in [1.165, 1.54) is 0 Å². The first kappa shape index (κ1) is 26.4. The van der Waals surface area contributed by atoms with E-state index in [4.69, 9.17) is 42.6 Å². The van der Waals surface area contributed by atoms with Crippen LogP contribution in [-0.4, -0.2) is 26.4 Å². The molecule has 0 rings (SSSR count). The summed E-state index contributed by atoms with van der Waals surface area (Å²) in [6.45, 7) is 9.77. The molecule has 0 spiro atoms. The van der Waals surface area contributed by atoms with Gasteiger partial charge >= 0.3 is 21.1 Å². The predicted octanol–water partition coefficient (Wildman–Crippen LogP) is 3.12. The fourth-order valence-corrected chi connectivity index (χ4v) is 4.83. The maximum Gasteiger partial charge on any atom is 2.00 e. The Morgan fingerprint density at radius 2 is 0.842 bits per heavy atom. The Morgan fingerprint density at radius 3 is 0.947 bits per heavy atom. The van der Waals surface area contributed by atoms with Gasteiger partial charge in [0.05, 0.1) is 26.4 Å². The van der Waals surface area contributed by atoms with Crippen molar-refractivity contribution in [3.05, 3.63) is 0 Å². The molecule has 0 N–H and O–H groups in total. The van der Waals surface area contributed by atoms with Gasteiger partial charge in [0.2, 0.25) is 11.4 Å². The van der Waals surface area contributed by atoms with Gasteiger partial charge in [-0.05, 0) is 27.7 Å². The second-order valence-electron chi connectivity index (χ2n) is 2.61. The summed E-state index contributed by atoms with van der Waals surface area (Å²) < 4.78 is 20.2. The van der Waals surface area contributed by atoms with Crippen LogP contribution < -0.4 is 0 Å². The van der Waals surface area contributed by atoms with Crippen LogP contribution in [0, 0.1) is 0 Å². The molecule has 0 aromatic carbocycles. The Morgan fingerprint density at radius 1 is 0.684 bits per heavy atom. The Bertz CT molecular complexity index is 248. The van der Waals surface area contributed by atoms with E-state index in [1.54, 1.807) is 0 Å². The number of hydrogen-bond acceptors (Lipinski definition) is 6. The van der Waals surface area contributed by atoms with Crippen molar-refractivity contribution in [3.63, 3.8) is 0 Å². The molecular formula is C8H22O4P2PtS4+2. The third-order valence-corrected chi connectivity index (χ3v) is 6.16. The number of thiol groups is 2. The summed E-state index contributed by atoms with van der Waals surface area (Å²) in [4.78, 5) is 0. The summed E-state index contributed by atoms with van der Waals surface area (Å²) in [6, 6.07) is 0. The topological polar surface area (TPSA) is 36.9 Å². The van der Waals surface area contributed by atoms with E-state index >= 15 is 0 Å². The molecule has 0 saturated carbocycles. The first-order valence-corrected chi connectivity index (χ1v) is 13.1. The second kappa shape index (κ2) is 15.4. The van der Waals surface area contributed by atoms with Gasteiger partial charge in [-0.2, -0.15) is 0 Å². The van der Waals surface area contributed by atoms with Crippen molar-refractivity contribution < 1.29 is 39.2 Å². The molecule has 0 aliphatic carbocycles. The first-order valence-electron chi connectivity index (χ1n) is 5.48. The molecule has 0 saturated heterocycles. The van der Waals surface area contributed by atoms with Crippen molar-refractivity contribution in [2.75, 3.05) is 26.4 Å². The zero-order valence-corrected chi connectivity index (χ0v) is 18.9. The minimum Gasteiger partial charge on any atom is -0.640 e. The van der Waals surface area contributed by atoms with Crippen molar-refractivity contribution in [1.82, 2.24) is 0 Å². The molecular weight excluding hydrogens is 545 g/mol. The molecule has 19 heavy (non-hydrogen) atoms. The molecule has 0 aliphatic heterocycles. The third-order valence-electron chi connectivity index (χ3n) is 1.17. The van der Waals surface area contributed by atoms with Crippen LogP contribution in [0.4, 0.5) is 0 Å². The summed E-state index contributed by atoms with van der Waals surface area (Å²) in [5, 5.41) is 0. The SMILES string of the molecule is CCOP([S-])(=[SH+])OCC.CCOP([S-])(=[SH+])OCC.[Pt+2]. The van der Waals surface area contributed by atoms with Gasteiger partial charge in [-0.15, -0.1) is 0 Å². The largest absolute Gasteiger partial charge is 2.00 e. The summed E-state index contributed by atoms with van der Waals surface area (Å²) in [5.74, 6) is 0. The minimum absolute atomic E-state index is 0. The minimum atomic E-state index is -2.16. The van der Waals surface area contributed by atoms with Crippen LogP contribution in [0.1, 0.15) is 27.7 Å². The molecule has 0 amide bonds. The number of hydrogen-bond donors (Lipinski definition) is 0. The zero-order chi connectivity index (χ0) is 14.7. The van der Waals surface area contributed by atoms with Crippen LogP contribution >= 0.6 is 11.4 Å². The molecule has 0 unspecified atom stereocenters. The fourth-order valence-electron chi connectivity index (χ4n) is 0.727. The van der Waals surface area contributed by atoms with E-state index in [-0.39, 0.29) is 21.1 Å².